The summed E-state index contributed by atoms with van der Waals surface area (Å²) in [6, 6.07) is 8.28. The summed E-state index contributed by atoms with van der Waals surface area (Å²) in [5.74, 6) is 4.81. The largest absolute Gasteiger partial charge is 0.299 e. The van der Waals surface area contributed by atoms with Gasteiger partial charge in [0.25, 0.3) is 0 Å². The van der Waals surface area contributed by atoms with Crippen LogP contribution in [0.25, 0.3) is 0 Å². The Balaban J connectivity index is 1.95. The number of nitrogens with two attached hydrogens (primary N) is 1. The Morgan fingerprint density at radius 1 is 1.26 bits per heavy atom. The van der Waals surface area contributed by atoms with Crippen molar-refractivity contribution in [3.8, 4) is 0 Å². The normalized spacial score (nSPS) is 18.0. The lowest BCUT2D eigenvalue weighted by Crippen LogP contribution is -2.33. The first kappa shape index (κ1) is 14.0. The minimum absolute atomic E-state index is 0.149. The molecule has 1 aromatic carbocycles. The number of carbonyl (C=O) groups is 1. The summed E-state index contributed by atoms with van der Waals surface area (Å²) < 4.78 is 0. The van der Waals surface area contributed by atoms with E-state index >= 15 is 0 Å². The SMILES string of the molecule is CC(C(=O)NN)c1ccc(CN2CCCCC2)cc1. The van der Waals surface area contributed by atoms with Gasteiger partial charge in [-0.2, -0.15) is 0 Å². The number of hydrazine groups is 1. The number of nitrogens with zero attached hydrogens (tertiary/aromatic N) is 1. The number of rotatable bonds is 4. The molecule has 1 aromatic rings. The van der Waals surface area contributed by atoms with Crippen LogP contribution < -0.4 is 11.3 Å². The number of piperidine rings is 1. The van der Waals surface area contributed by atoms with Gasteiger partial charge >= 0.3 is 0 Å². The van der Waals surface area contributed by atoms with Crippen LogP contribution in [-0.2, 0) is 11.3 Å². The number of hydrogen-bond acceptors (Lipinski definition) is 3. The molecule has 19 heavy (non-hydrogen) atoms. The molecule has 0 bridgehead atoms. The summed E-state index contributed by atoms with van der Waals surface area (Å²) in [7, 11) is 0. The van der Waals surface area contributed by atoms with Gasteiger partial charge in [-0.3, -0.25) is 15.1 Å². The molecule has 0 spiro atoms. The third-order valence-corrected chi connectivity index (χ3v) is 3.87. The Labute approximate surface area is 114 Å². The Hall–Kier alpha value is -1.39. The number of likely N-dealkylation sites (tertiary alicyclic amines) is 1. The van der Waals surface area contributed by atoms with Crippen molar-refractivity contribution in [3.63, 3.8) is 0 Å². The van der Waals surface area contributed by atoms with E-state index in [9.17, 15) is 4.79 Å². The molecule has 2 rings (SSSR count). The number of hydrogen-bond donors (Lipinski definition) is 2. The van der Waals surface area contributed by atoms with E-state index in [1.165, 1.54) is 37.9 Å². The van der Waals surface area contributed by atoms with E-state index in [2.05, 4.69) is 22.5 Å². The molecule has 3 N–H and O–H groups in total. The van der Waals surface area contributed by atoms with Crippen LogP contribution >= 0.6 is 0 Å². The number of benzene rings is 1. The Morgan fingerprint density at radius 3 is 2.47 bits per heavy atom. The van der Waals surface area contributed by atoms with E-state index in [1.54, 1.807) is 0 Å². The number of amides is 1. The average molecular weight is 261 g/mol. The van der Waals surface area contributed by atoms with E-state index in [1.807, 2.05) is 19.1 Å². The van der Waals surface area contributed by atoms with Gasteiger partial charge in [-0.25, -0.2) is 5.84 Å². The maximum Gasteiger partial charge on any atom is 0.241 e. The molecule has 1 unspecified atom stereocenters. The molecule has 4 heteroatoms. The Morgan fingerprint density at radius 2 is 1.89 bits per heavy atom. The summed E-state index contributed by atoms with van der Waals surface area (Å²) in [6.07, 6.45) is 3.98. The quantitative estimate of drug-likeness (QED) is 0.493. The molecule has 1 fully saturated rings. The average Bonchev–Trinajstić information content (AvgIpc) is 2.47. The second-order valence-electron chi connectivity index (χ2n) is 5.31. The highest BCUT2D eigenvalue weighted by molar-refractivity contribution is 5.82. The van der Waals surface area contributed by atoms with E-state index in [-0.39, 0.29) is 11.8 Å². The molecule has 0 aliphatic carbocycles. The molecule has 1 saturated heterocycles. The molecular weight excluding hydrogens is 238 g/mol. The number of nitrogens with one attached hydrogen (secondary N) is 1. The fourth-order valence-electron chi connectivity index (χ4n) is 2.56. The van der Waals surface area contributed by atoms with Gasteiger partial charge in [0, 0.05) is 6.54 Å². The molecule has 1 amide bonds. The maximum absolute atomic E-state index is 11.5. The van der Waals surface area contributed by atoms with Gasteiger partial charge in [-0.1, -0.05) is 30.7 Å². The van der Waals surface area contributed by atoms with E-state index < -0.39 is 0 Å². The topological polar surface area (TPSA) is 58.4 Å². The molecule has 1 aliphatic heterocycles. The minimum atomic E-state index is -0.200. The summed E-state index contributed by atoms with van der Waals surface area (Å²) in [5.41, 5.74) is 4.51. The first-order chi connectivity index (χ1) is 9.20. The lowest BCUT2D eigenvalue weighted by atomic mass is 9.99. The minimum Gasteiger partial charge on any atom is -0.299 e. The van der Waals surface area contributed by atoms with Gasteiger partial charge in [0.15, 0.2) is 0 Å². The molecule has 1 aliphatic rings. The van der Waals surface area contributed by atoms with Gasteiger partial charge in [-0.05, 0) is 44.0 Å². The molecule has 0 saturated carbocycles. The predicted octanol–water partition coefficient (Wildman–Crippen LogP) is 1.77. The third kappa shape index (κ3) is 3.78. The molecule has 4 nitrogen and oxygen atoms in total. The second kappa shape index (κ2) is 6.68. The van der Waals surface area contributed by atoms with Gasteiger partial charge in [0.05, 0.1) is 5.92 Å². The highest BCUT2D eigenvalue weighted by atomic mass is 16.2. The fourth-order valence-corrected chi connectivity index (χ4v) is 2.56. The Bertz CT molecular complexity index is 410. The van der Waals surface area contributed by atoms with E-state index in [0.29, 0.717) is 0 Å². The lowest BCUT2D eigenvalue weighted by Gasteiger charge is -2.26. The van der Waals surface area contributed by atoms with Crippen molar-refractivity contribution in [1.82, 2.24) is 10.3 Å². The molecule has 0 radical (unpaired) electrons. The van der Waals surface area contributed by atoms with Crippen LogP contribution in [0.4, 0.5) is 0 Å². The first-order valence-electron chi connectivity index (χ1n) is 7.02. The summed E-state index contributed by atoms with van der Waals surface area (Å²) in [6.45, 7) is 5.28. The van der Waals surface area contributed by atoms with Gasteiger partial charge in [-0.15, -0.1) is 0 Å². The van der Waals surface area contributed by atoms with Crippen LogP contribution in [0.3, 0.4) is 0 Å². The van der Waals surface area contributed by atoms with Gasteiger partial charge in [0.2, 0.25) is 5.91 Å². The van der Waals surface area contributed by atoms with Crippen molar-refractivity contribution in [1.29, 1.82) is 0 Å². The maximum atomic E-state index is 11.5. The second-order valence-corrected chi connectivity index (χ2v) is 5.31. The van der Waals surface area contributed by atoms with E-state index in [4.69, 9.17) is 5.84 Å². The van der Waals surface area contributed by atoms with Gasteiger partial charge < -0.3 is 0 Å². The van der Waals surface area contributed by atoms with Crippen LogP contribution in [0, 0.1) is 0 Å². The van der Waals surface area contributed by atoms with Gasteiger partial charge in [0.1, 0.15) is 0 Å². The van der Waals surface area contributed by atoms with Crippen molar-refractivity contribution in [2.45, 2.75) is 38.6 Å². The van der Waals surface area contributed by atoms with Crippen LogP contribution in [0.5, 0.6) is 0 Å². The highest BCUT2D eigenvalue weighted by Crippen LogP contribution is 2.18. The molecule has 1 atom stereocenters. The summed E-state index contributed by atoms with van der Waals surface area (Å²) in [4.78, 5) is 14.0. The molecule has 104 valence electrons. The predicted molar refractivity (Wildman–Crippen MR) is 76.3 cm³/mol. The lowest BCUT2D eigenvalue weighted by molar-refractivity contribution is -0.122. The van der Waals surface area contributed by atoms with Crippen LogP contribution in [-0.4, -0.2) is 23.9 Å². The standard InChI is InChI=1S/C15H23N3O/c1-12(15(19)17-16)14-7-5-13(6-8-14)11-18-9-3-2-4-10-18/h5-8,12H,2-4,9-11,16H2,1H3,(H,17,19). The van der Waals surface area contributed by atoms with Crippen LogP contribution in [0.1, 0.15) is 43.2 Å². The summed E-state index contributed by atoms with van der Waals surface area (Å²) in [5, 5.41) is 0. The zero-order chi connectivity index (χ0) is 13.7. The third-order valence-electron chi connectivity index (χ3n) is 3.87. The van der Waals surface area contributed by atoms with Crippen molar-refractivity contribution in [3.05, 3.63) is 35.4 Å². The van der Waals surface area contributed by atoms with Crippen molar-refractivity contribution in [2.24, 2.45) is 5.84 Å². The van der Waals surface area contributed by atoms with E-state index in [0.717, 1.165) is 12.1 Å². The molecule has 0 aromatic heterocycles. The van der Waals surface area contributed by atoms with Crippen molar-refractivity contribution in [2.75, 3.05) is 13.1 Å². The van der Waals surface area contributed by atoms with Crippen molar-refractivity contribution >= 4 is 5.91 Å². The monoisotopic (exact) mass is 261 g/mol. The van der Waals surface area contributed by atoms with Crippen molar-refractivity contribution < 1.29 is 4.79 Å². The fraction of sp³-hybridized carbons (Fsp3) is 0.533. The first-order valence-corrected chi connectivity index (χ1v) is 7.02. The zero-order valence-corrected chi connectivity index (χ0v) is 11.6. The zero-order valence-electron chi connectivity index (χ0n) is 11.6. The van der Waals surface area contributed by atoms with Crippen LogP contribution in [0.15, 0.2) is 24.3 Å². The highest BCUT2D eigenvalue weighted by Gasteiger charge is 2.14. The molecular formula is C15H23N3O. The Kier molecular flexibility index (Phi) is 4.93. The summed E-state index contributed by atoms with van der Waals surface area (Å²) >= 11 is 0. The number of carbonyl (C=O) groups excluding carboxylic acids is 1. The molecule has 1 heterocycles. The smallest absolute Gasteiger partial charge is 0.241 e. The van der Waals surface area contributed by atoms with Crippen LogP contribution in [0.2, 0.25) is 0 Å².